The van der Waals surface area contributed by atoms with Crippen molar-refractivity contribution >= 4 is 22.4 Å². The number of carbonyl (C=O) groups is 1. The lowest BCUT2D eigenvalue weighted by atomic mass is 10.3. The van der Waals surface area contributed by atoms with Crippen LogP contribution in [-0.2, 0) is 11.3 Å². The highest BCUT2D eigenvalue weighted by Crippen LogP contribution is 2.18. The van der Waals surface area contributed by atoms with Crippen LogP contribution in [0.2, 0.25) is 0 Å². The van der Waals surface area contributed by atoms with E-state index in [4.69, 9.17) is 0 Å². The Morgan fingerprint density at radius 1 is 1.59 bits per heavy atom. The van der Waals surface area contributed by atoms with Crippen molar-refractivity contribution in [2.75, 3.05) is 32.5 Å². The maximum atomic E-state index is 11.1. The molecule has 96 valence electrons. The van der Waals surface area contributed by atoms with Crippen molar-refractivity contribution in [2.45, 2.75) is 19.9 Å². The Kier molecular flexibility index (Phi) is 5.93. The minimum atomic E-state index is 0.0782. The van der Waals surface area contributed by atoms with Crippen LogP contribution in [-0.4, -0.2) is 43.0 Å². The second-order valence-electron chi connectivity index (χ2n) is 3.82. The molecule has 0 fully saturated rings. The molecule has 0 atom stereocenters. The molecule has 2 N–H and O–H groups in total. The zero-order valence-electron chi connectivity index (χ0n) is 10.6. The van der Waals surface area contributed by atoms with Crippen molar-refractivity contribution in [3.63, 3.8) is 0 Å². The molecule has 0 unspecified atom stereocenters. The van der Waals surface area contributed by atoms with E-state index in [2.05, 4.69) is 27.4 Å². The molecular weight excluding hydrogens is 236 g/mol. The third-order valence-corrected chi connectivity index (χ3v) is 3.25. The summed E-state index contributed by atoms with van der Waals surface area (Å²) in [6, 6.07) is 0. The molecule has 0 aliphatic rings. The Labute approximate surface area is 106 Å². The van der Waals surface area contributed by atoms with E-state index in [0.29, 0.717) is 6.42 Å². The topological polar surface area (TPSA) is 57.3 Å². The van der Waals surface area contributed by atoms with Crippen molar-refractivity contribution < 1.29 is 4.79 Å². The van der Waals surface area contributed by atoms with Gasteiger partial charge in [-0.2, -0.15) is 0 Å². The maximum Gasteiger partial charge on any atom is 0.221 e. The van der Waals surface area contributed by atoms with Gasteiger partial charge in [-0.1, -0.05) is 0 Å². The minimum Gasteiger partial charge on any atom is -0.362 e. The lowest BCUT2D eigenvalue weighted by Crippen LogP contribution is -2.26. The normalized spacial score (nSPS) is 10.6. The van der Waals surface area contributed by atoms with Gasteiger partial charge >= 0.3 is 0 Å². The van der Waals surface area contributed by atoms with E-state index in [1.807, 2.05) is 13.2 Å². The van der Waals surface area contributed by atoms with Crippen molar-refractivity contribution in [2.24, 2.45) is 0 Å². The number of amides is 1. The molecule has 0 aromatic carbocycles. The van der Waals surface area contributed by atoms with Crippen LogP contribution in [0.1, 0.15) is 18.2 Å². The van der Waals surface area contributed by atoms with Crippen molar-refractivity contribution in [1.29, 1.82) is 0 Å². The van der Waals surface area contributed by atoms with Gasteiger partial charge in [0.1, 0.15) is 0 Å². The van der Waals surface area contributed by atoms with Crippen LogP contribution >= 0.6 is 11.3 Å². The molecule has 0 bridgehead atoms. The second-order valence-corrected chi connectivity index (χ2v) is 4.94. The molecule has 17 heavy (non-hydrogen) atoms. The van der Waals surface area contributed by atoms with Crippen molar-refractivity contribution in [3.05, 3.63) is 11.1 Å². The number of hydrogen-bond acceptors (Lipinski definition) is 5. The SMILES string of the molecule is CCNc1ncc(CN(C)CCC(=O)NC)s1. The molecule has 1 aromatic rings. The molecular formula is C11H20N4OS. The van der Waals surface area contributed by atoms with Gasteiger partial charge in [0.2, 0.25) is 5.91 Å². The monoisotopic (exact) mass is 256 g/mol. The van der Waals surface area contributed by atoms with Crippen LogP contribution in [0.15, 0.2) is 6.20 Å². The summed E-state index contributed by atoms with van der Waals surface area (Å²) < 4.78 is 0. The smallest absolute Gasteiger partial charge is 0.221 e. The van der Waals surface area contributed by atoms with Crippen LogP contribution in [0.4, 0.5) is 5.13 Å². The number of nitrogens with zero attached hydrogens (tertiary/aromatic N) is 2. The first kappa shape index (κ1) is 13.9. The summed E-state index contributed by atoms with van der Waals surface area (Å²) in [4.78, 5) is 18.7. The van der Waals surface area contributed by atoms with E-state index >= 15 is 0 Å². The first-order valence-electron chi connectivity index (χ1n) is 5.73. The average Bonchev–Trinajstić information content (AvgIpc) is 2.74. The van der Waals surface area contributed by atoms with E-state index in [-0.39, 0.29) is 5.91 Å². The Morgan fingerprint density at radius 3 is 3.00 bits per heavy atom. The van der Waals surface area contributed by atoms with Gasteiger partial charge in [-0.3, -0.25) is 4.79 Å². The van der Waals surface area contributed by atoms with Gasteiger partial charge in [-0.05, 0) is 14.0 Å². The third kappa shape index (κ3) is 5.14. The van der Waals surface area contributed by atoms with Gasteiger partial charge in [-0.15, -0.1) is 11.3 Å². The minimum absolute atomic E-state index is 0.0782. The molecule has 6 heteroatoms. The Bertz CT molecular complexity index is 353. The highest BCUT2D eigenvalue weighted by Gasteiger charge is 2.06. The maximum absolute atomic E-state index is 11.1. The number of anilines is 1. The highest BCUT2D eigenvalue weighted by molar-refractivity contribution is 7.15. The summed E-state index contributed by atoms with van der Waals surface area (Å²) in [5.74, 6) is 0.0782. The van der Waals surface area contributed by atoms with Crippen LogP contribution in [0, 0.1) is 0 Å². The van der Waals surface area contributed by atoms with Gasteiger partial charge in [0, 0.05) is 44.2 Å². The summed E-state index contributed by atoms with van der Waals surface area (Å²) in [5.41, 5.74) is 0. The molecule has 0 saturated carbocycles. The standard InChI is InChI=1S/C11H20N4OS/c1-4-13-11-14-7-9(17-11)8-15(3)6-5-10(16)12-2/h7H,4-6,8H2,1-3H3,(H,12,16)(H,13,14). The predicted molar refractivity (Wildman–Crippen MR) is 71.3 cm³/mol. The number of aromatic nitrogens is 1. The first-order chi connectivity index (χ1) is 8.15. The molecule has 1 aromatic heterocycles. The van der Waals surface area contributed by atoms with E-state index in [0.717, 1.165) is 24.8 Å². The fourth-order valence-electron chi connectivity index (χ4n) is 1.38. The molecule has 1 rings (SSSR count). The van der Waals surface area contributed by atoms with Crippen LogP contribution < -0.4 is 10.6 Å². The fourth-order valence-corrected chi connectivity index (χ4v) is 2.34. The number of nitrogens with one attached hydrogen (secondary N) is 2. The molecule has 0 saturated heterocycles. The largest absolute Gasteiger partial charge is 0.362 e. The van der Waals surface area contributed by atoms with E-state index in [1.54, 1.807) is 18.4 Å². The molecule has 5 nitrogen and oxygen atoms in total. The molecule has 0 radical (unpaired) electrons. The zero-order chi connectivity index (χ0) is 12.7. The van der Waals surface area contributed by atoms with Crippen LogP contribution in [0.3, 0.4) is 0 Å². The molecule has 0 spiro atoms. The summed E-state index contributed by atoms with van der Waals surface area (Å²) in [5, 5.41) is 6.77. The molecule has 1 amide bonds. The molecule has 1 heterocycles. The van der Waals surface area contributed by atoms with Gasteiger partial charge in [-0.25, -0.2) is 4.98 Å². The quantitative estimate of drug-likeness (QED) is 0.768. The first-order valence-corrected chi connectivity index (χ1v) is 6.55. The van der Waals surface area contributed by atoms with E-state index in [9.17, 15) is 4.79 Å². The van der Waals surface area contributed by atoms with Crippen molar-refractivity contribution in [3.8, 4) is 0 Å². The molecule has 0 aliphatic carbocycles. The molecule has 0 aliphatic heterocycles. The second kappa shape index (κ2) is 7.24. The third-order valence-electron chi connectivity index (χ3n) is 2.31. The van der Waals surface area contributed by atoms with Crippen molar-refractivity contribution in [1.82, 2.24) is 15.2 Å². The fraction of sp³-hybridized carbons (Fsp3) is 0.636. The van der Waals surface area contributed by atoms with Crippen LogP contribution in [0.25, 0.3) is 0 Å². The number of hydrogen-bond donors (Lipinski definition) is 2. The number of thiazole rings is 1. The highest BCUT2D eigenvalue weighted by atomic mass is 32.1. The van der Waals surface area contributed by atoms with Gasteiger partial charge < -0.3 is 15.5 Å². The average molecular weight is 256 g/mol. The Morgan fingerprint density at radius 2 is 2.35 bits per heavy atom. The number of carbonyl (C=O) groups excluding carboxylic acids is 1. The van der Waals surface area contributed by atoms with E-state index < -0.39 is 0 Å². The lowest BCUT2D eigenvalue weighted by molar-refractivity contribution is -0.120. The number of rotatable bonds is 7. The Balaban J connectivity index is 2.34. The lowest BCUT2D eigenvalue weighted by Gasteiger charge is -2.14. The van der Waals surface area contributed by atoms with Gasteiger partial charge in [0.15, 0.2) is 5.13 Å². The van der Waals surface area contributed by atoms with Crippen LogP contribution in [0.5, 0.6) is 0 Å². The summed E-state index contributed by atoms with van der Waals surface area (Å²) in [6.45, 7) is 4.53. The predicted octanol–water partition coefficient (Wildman–Crippen LogP) is 1.14. The van der Waals surface area contributed by atoms with Gasteiger partial charge in [0.05, 0.1) is 0 Å². The summed E-state index contributed by atoms with van der Waals surface area (Å²) in [6.07, 6.45) is 2.42. The van der Waals surface area contributed by atoms with E-state index in [1.165, 1.54) is 4.88 Å². The summed E-state index contributed by atoms with van der Waals surface area (Å²) >= 11 is 1.66. The zero-order valence-corrected chi connectivity index (χ0v) is 11.4. The van der Waals surface area contributed by atoms with Gasteiger partial charge in [0.25, 0.3) is 0 Å². The summed E-state index contributed by atoms with van der Waals surface area (Å²) in [7, 11) is 3.67. The Hall–Kier alpha value is -1.14.